The molecule has 21 heavy (non-hydrogen) atoms. The van der Waals surface area contributed by atoms with E-state index in [9.17, 15) is 4.79 Å². The average Bonchev–Trinajstić information content (AvgIpc) is 2.55. The first-order valence-electron chi connectivity index (χ1n) is 6.48. The number of carbonyl (C=O) groups excluding carboxylic acids is 1. The second-order valence-corrected chi connectivity index (χ2v) is 4.30. The van der Waals surface area contributed by atoms with Gasteiger partial charge >= 0.3 is 0 Å². The van der Waals surface area contributed by atoms with Crippen molar-refractivity contribution in [3.8, 4) is 5.75 Å². The van der Waals surface area contributed by atoms with Crippen molar-refractivity contribution < 1.29 is 9.53 Å². The number of hydrogen-bond acceptors (Lipinski definition) is 4. The largest absolute Gasteiger partial charge is 0.497 e. The molecule has 108 valence electrons. The summed E-state index contributed by atoms with van der Waals surface area (Å²) >= 11 is 0. The minimum atomic E-state index is -0.253. The van der Waals surface area contributed by atoms with Gasteiger partial charge in [0.15, 0.2) is 0 Å². The highest BCUT2D eigenvalue weighted by molar-refractivity contribution is 5.95. The van der Waals surface area contributed by atoms with E-state index in [1.54, 1.807) is 25.5 Å². The second-order valence-electron chi connectivity index (χ2n) is 4.30. The number of hydrazone groups is 1. The molecule has 5 heteroatoms. The lowest BCUT2D eigenvalue weighted by Gasteiger charge is -2.03. The molecule has 0 aliphatic heterocycles. The molecule has 0 atom stereocenters. The number of anilines is 1. The molecule has 2 N–H and O–H groups in total. The first-order valence-corrected chi connectivity index (χ1v) is 6.48. The molecule has 0 aliphatic rings. The van der Waals surface area contributed by atoms with Gasteiger partial charge in [0.05, 0.1) is 13.3 Å². The van der Waals surface area contributed by atoms with Crippen LogP contribution in [0.5, 0.6) is 5.75 Å². The zero-order chi connectivity index (χ0) is 15.1. The summed E-state index contributed by atoms with van der Waals surface area (Å²) in [6.45, 7) is 0. The molecular formula is C16H17N3O2. The quantitative estimate of drug-likeness (QED) is 0.654. The van der Waals surface area contributed by atoms with Crippen LogP contribution in [0, 0.1) is 0 Å². The first-order chi connectivity index (χ1) is 10.2. The molecule has 0 unspecified atom stereocenters. The lowest BCUT2D eigenvalue weighted by atomic mass is 10.2. The molecule has 0 fully saturated rings. The van der Waals surface area contributed by atoms with Gasteiger partial charge in [-0.25, -0.2) is 5.43 Å². The van der Waals surface area contributed by atoms with Crippen LogP contribution in [0.4, 0.5) is 5.69 Å². The summed E-state index contributed by atoms with van der Waals surface area (Å²) in [7, 11) is 3.43. The van der Waals surface area contributed by atoms with Gasteiger partial charge in [-0.3, -0.25) is 4.79 Å². The third-order valence-corrected chi connectivity index (χ3v) is 2.91. The summed E-state index contributed by atoms with van der Waals surface area (Å²) in [5, 5.41) is 6.94. The summed E-state index contributed by atoms with van der Waals surface area (Å²) in [4.78, 5) is 11.9. The van der Waals surface area contributed by atoms with Crippen LogP contribution in [-0.2, 0) is 0 Å². The van der Waals surface area contributed by atoms with E-state index in [0.717, 1.165) is 17.0 Å². The van der Waals surface area contributed by atoms with E-state index in [1.165, 1.54) is 0 Å². The molecule has 0 spiro atoms. The molecule has 2 rings (SSSR count). The SMILES string of the molecule is CNc1ccc(C(=O)N/N=C/c2cccc(OC)c2)cc1. The van der Waals surface area contributed by atoms with Crippen LogP contribution >= 0.6 is 0 Å². The molecule has 2 aromatic rings. The van der Waals surface area contributed by atoms with Gasteiger partial charge < -0.3 is 10.1 Å². The predicted molar refractivity (Wildman–Crippen MR) is 84.0 cm³/mol. The number of methoxy groups -OCH3 is 1. The number of amides is 1. The van der Waals surface area contributed by atoms with E-state index in [1.807, 2.05) is 43.4 Å². The van der Waals surface area contributed by atoms with Crippen LogP contribution in [-0.4, -0.2) is 26.3 Å². The Labute approximate surface area is 123 Å². The Balaban J connectivity index is 1.97. The number of nitrogens with one attached hydrogen (secondary N) is 2. The van der Waals surface area contributed by atoms with Crippen LogP contribution in [0.3, 0.4) is 0 Å². The number of ether oxygens (including phenoxy) is 1. The normalized spacial score (nSPS) is 10.4. The second kappa shape index (κ2) is 7.09. The smallest absolute Gasteiger partial charge is 0.271 e. The van der Waals surface area contributed by atoms with Gasteiger partial charge in [0.1, 0.15) is 5.75 Å². The van der Waals surface area contributed by atoms with Crippen LogP contribution in [0.25, 0.3) is 0 Å². The van der Waals surface area contributed by atoms with Crippen LogP contribution in [0.2, 0.25) is 0 Å². The Hall–Kier alpha value is -2.82. The first kappa shape index (κ1) is 14.6. The van der Waals surface area contributed by atoms with Crippen molar-refractivity contribution in [1.29, 1.82) is 0 Å². The molecule has 0 saturated heterocycles. The summed E-state index contributed by atoms with van der Waals surface area (Å²) in [6, 6.07) is 14.6. The number of benzene rings is 2. The Morgan fingerprint density at radius 2 is 1.95 bits per heavy atom. The lowest BCUT2D eigenvalue weighted by Crippen LogP contribution is -2.17. The van der Waals surface area contributed by atoms with E-state index in [-0.39, 0.29) is 5.91 Å². The predicted octanol–water partition coefficient (Wildman–Crippen LogP) is 2.50. The highest BCUT2D eigenvalue weighted by Gasteiger charge is 2.03. The van der Waals surface area contributed by atoms with Crippen molar-refractivity contribution in [2.75, 3.05) is 19.5 Å². The fourth-order valence-electron chi connectivity index (χ4n) is 1.74. The van der Waals surface area contributed by atoms with Gasteiger partial charge in [0.25, 0.3) is 5.91 Å². The van der Waals surface area contributed by atoms with E-state index < -0.39 is 0 Å². The van der Waals surface area contributed by atoms with Gasteiger partial charge in [-0.2, -0.15) is 5.10 Å². The standard InChI is InChI=1S/C16H17N3O2/c1-17-14-8-6-13(7-9-14)16(20)19-18-11-12-4-3-5-15(10-12)21-2/h3-11,17H,1-2H3,(H,19,20)/b18-11+. The maximum atomic E-state index is 11.9. The van der Waals surface area contributed by atoms with Crippen molar-refractivity contribution in [2.45, 2.75) is 0 Å². The monoisotopic (exact) mass is 283 g/mol. The molecule has 0 bridgehead atoms. The molecule has 2 aromatic carbocycles. The maximum absolute atomic E-state index is 11.9. The molecule has 0 heterocycles. The number of rotatable bonds is 5. The van der Waals surface area contributed by atoms with Gasteiger partial charge in [0.2, 0.25) is 0 Å². The molecule has 0 aliphatic carbocycles. The zero-order valence-electron chi connectivity index (χ0n) is 12.0. The third-order valence-electron chi connectivity index (χ3n) is 2.91. The zero-order valence-corrected chi connectivity index (χ0v) is 12.0. The fraction of sp³-hybridized carbons (Fsp3) is 0.125. The maximum Gasteiger partial charge on any atom is 0.271 e. The average molecular weight is 283 g/mol. The summed E-state index contributed by atoms with van der Waals surface area (Å²) in [6.07, 6.45) is 1.57. The van der Waals surface area contributed by atoms with Crippen LogP contribution < -0.4 is 15.5 Å². The van der Waals surface area contributed by atoms with Gasteiger partial charge in [-0.15, -0.1) is 0 Å². The van der Waals surface area contributed by atoms with Gasteiger partial charge in [-0.05, 0) is 42.0 Å². The van der Waals surface area contributed by atoms with E-state index in [0.29, 0.717) is 5.56 Å². The van der Waals surface area contributed by atoms with Gasteiger partial charge in [0, 0.05) is 18.3 Å². The summed E-state index contributed by atoms with van der Waals surface area (Å²) in [5.74, 6) is 0.490. The van der Waals surface area contributed by atoms with Crippen molar-refractivity contribution in [1.82, 2.24) is 5.43 Å². The number of carbonyl (C=O) groups is 1. The Morgan fingerprint density at radius 3 is 2.62 bits per heavy atom. The topological polar surface area (TPSA) is 62.7 Å². The van der Waals surface area contributed by atoms with E-state index in [2.05, 4.69) is 15.8 Å². The fourth-order valence-corrected chi connectivity index (χ4v) is 1.74. The number of nitrogens with zero attached hydrogens (tertiary/aromatic N) is 1. The van der Waals surface area contributed by atoms with Crippen LogP contribution in [0.1, 0.15) is 15.9 Å². The highest BCUT2D eigenvalue weighted by atomic mass is 16.5. The molecular weight excluding hydrogens is 266 g/mol. The molecule has 1 amide bonds. The minimum Gasteiger partial charge on any atom is -0.497 e. The molecule has 0 aromatic heterocycles. The third kappa shape index (κ3) is 4.07. The minimum absolute atomic E-state index is 0.253. The summed E-state index contributed by atoms with van der Waals surface area (Å²) < 4.78 is 5.12. The number of hydrogen-bond donors (Lipinski definition) is 2. The van der Waals surface area contributed by atoms with Gasteiger partial charge in [-0.1, -0.05) is 12.1 Å². The van der Waals surface area contributed by atoms with E-state index in [4.69, 9.17) is 4.74 Å². The molecule has 0 radical (unpaired) electrons. The summed E-state index contributed by atoms with van der Waals surface area (Å²) in [5.41, 5.74) is 4.84. The van der Waals surface area contributed by atoms with Crippen molar-refractivity contribution >= 4 is 17.8 Å². The van der Waals surface area contributed by atoms with Crippen molar-refractivity contribution in [3.05, 3.63) is 59.7 Å². The van der Waals surface area contributed by atoms with Crippen molar-refractivity contribution in [2.24, 2.45) is 5.10 Å². The van der Waals surface area contributed by atoms with Crippen LogP contribution in [0.15, 0.2) is 53.6 Å². The molecule has 5 nitrogen and oxygen atoms in total. The lowest BCUT2D eigenvalue weighted by molar-refractivity contribution is 0.0955. The Kier molecular flexibility index (Phi) is 4.93. The Morgan fingerprint density at radius 1 is 1.19 bits per heavy atom. The molecule has 0 saturated carbocycles. The highest BCUT2D eigenvalue weighted by Crippen LogP contribution is 2.11. The Bertz CT molecular complexity index is 636. The van der Waals surface area contributed by atoms with E-state index >= 15 is 0 Å². The van der Waals surface area contributed by atoms with Crippen molar-refractivity contribution in [3.63, 3.8) is 0 Å².